The normalized spacial score (nSPS) is 11.3. The molecule has 166 valence electrons. The minimum absolute atomic E-state index is 0.0747. The summed E-state index contributed by atoms with van der Waals surface area (Å²) in [5.74, 6) is -0.212. The number of rotatable bonds is 8. The third kappa shape index (κ3) is 5.05. The standard InChI is InChI=1S/C20H18N4O7S/c1-31-15-7-5-14(6-8-15)23-32(29,30)16-9-10-17(18(11-16)24(27)28)22-21-12-13-3-2-4-19(25)20(13)26/h2-12,22-23,25-26H,1H3/b21-12+. The number of para-hydroxylation sites is 1. The lowest BCUT2D eigenvalue weighted by atomic mass is 10.2. The summed E-state index contributed by atoms with van der Waals surface area (Å²) in [7, 11) is -2.63. The van der Waals surface area contributed by atoms with E-state index in [1.54, 1.807) is 12.1 Å². The first-order valence-electron chi connectivity index (χ1n) is 8.96. The summed E-state index contributed by atoms with van der Waals surface area (Å²) in [6.07, 6.45) is 1.15. The molecule has 0 aliphatic heterocycles. The Labute approximate surface area is 182 Å². The van der Waals surface area contributed by atoms with Crippen molar-refractivity contribution in [1.29, 1.82) is 0 Å². The summed E-state index contributed by atoms with van der Waals surface area (Å²) >= 11 is 0. The Morgan fingerprint density at radius 2 is 1.81 bits per heavy atom. The topological polar surface area (TPSA) is 163 Å². The van der Waals surface area contributed by atoms with Crippen molar-refractivity contribution < 1.29 is 28.3 Å². The average Bonchev–Trinajstić information content (AvgIpc) is 2.77. The van der Waals surface area contributed by atoms with Crippen molar-refractivity contribution in [3.63, 3.8) is 0 Å². The Morgan fingerprint density at radius 1 is 1.09 bits per heavy atom. The van der Waals surface area contributed by atoms with Crippen LogP contribution in [0.1, 0.15) is 5.56 Å². The molecule has 11 nitrogen and oxygen atoms in total. The zero-order chi connectivity index (χ0) is 23.3. The maximum Gasteiger partial charge on any atom is 0.295 e. The molecule has 0 aliphatic rings. The molecule has 4 N–H and O–H groups in total. The lowest BCUT2D eigenvalue weighted by Crippen LogP contribution is -2.13. The van der Waals surface area contributed by atoms with Gasteiger partial charge in [0.15, 0.2) is 11.5 Å². The van der Waals surface area contributed by atoms with Crippen LogP contribution in [-0.4, -0.2) is 36.9 Å². The van der Waals surface area contributed by atoms with E-state index in [0.717, 1.165) is 12.3 Å². The van der Waals surface area contributed by atoms with E-state index < -0.39 is 26.4 Å². The highest BCUT2D eigenvalue weighted by Crippen LogP contribution is 2.30. The molecule has 0 saturated heterocycles. The van der Waals surface area contributed by atoms with Gasteiger partial charge in [-0.15, -0.1) is 0 Å². The molecule has 0 atom stereocenters. The van der Waals surface area contributed by atoms with Crippen molar-refractivity contribution in [3.8, 4) is 17.2 Å². The molecule has 0 fully saturated rings. The van der Waals surface area contributed by atoms with E-state index in [0.29, 0.717) is 5.75 Å². The zero-order valence-electron chi connectivity index (χ0n) is 16.6. The van der Waals surface area contributed by atoms with Gasteiger partial charge in [-0.3, -0.25) is 20.3 Å². The van der Waals surface area contributed by atoms with Crippen LogP contribution >= 0.6 is 0 Å². The predicted molar refractivity (Wildman–Crippen MR) is 118 cm³/mol. The molecule has 12 heteroatoms. The Morgan fingerprint density at radius 3 is 2.47 bits per heavy atom. The molecule has 0 radical (unpaired) electrons. The molecule has 0 heterocycles. The van der Waals surface area contributed by atoms with Gasteiger partial charge in [-0.05, 0) is 48.5 Å². The van der Waals surface area contributed by atoms with Crippen LogP contribution in [0.3, 0.4) is 0 Å². The maximum absolute atomic E-state index is 12.6. The van der Waals surface area contributed by atoms with Crippen molar-refractivity contribution in [3.05, 3.63) is 76.3 Å². The Balaban J connectivity index is 1.84. The summed E-state index contributed by atoms with van der Waals surface area (Å²) in [5.41, 5.74) is 2.26. The van der Waals surface area contributed by atoms with Crippen LogP contribution in [0.25, 0.3) is 0 Å². The molecule has 3 rings (SSSR count). The van der Waals surface area contributed by atoms with E-state index in [9.17, 15) is 28.7 Å². The zero-order valence-corrected chi connectivity index (χ0v) is 17.4. The minimum atomic E-state index is -4.10. The molecule has 3 aromatic rings. The SMILES string of the molecule is COc1ccc(NS(=O)(=O)c2ccc(N/N=C/c3cccc(O)c3O)c([N+](=O)[O-])c2)cc1. The number of aromatic hydroxyl groups is 2. The molecule has 0 saturated carbocycles. The highest BCUT2D eigenvalue weighted by Gasteiger charge is 2.21. The smallest absolute Gasteiger partial charge is 0.295 e. The van der Waals surface area contributed by atoms with Gasteiger partial charge in [0.05, 0.1) is 23.1 Å². The average molecular weight is 458 g/mol. The fourth-order valence-corrected chi connectivity index (χ4v) is 3.70. The van der Waals surface area contributed by atoms with Crippen LogP contribution < -0.4 is 14.9 Å². The number of nitrogens with zero attached hydrogens (tertiary/aromatic N) is 2. The number of nitro benzene ring substituents is 1. The lowest BCUT2D eigenvalue weighted by molar-refractivity contribution is -0.384. The number of anilines is 2. The third-order valence-corrected chi connectivity index (χ3v) is 5.63. The van der Waals surface area contributed by atoms with Crippen LogP contribution in [0, 0.1) is 10.1 Å². The maximum atomic E-state index is 12.6. The first-order chi connectivity index (χ1) is 15.2. The highest BCUT2D eigenvalue weighted by molar-refractivity contribution is 7.92. The Kier molecular flexibility index (Phi) is 6.45. The minimum Gasteiger partial charge on any atom is -0.504 e. The molecule has 0 aromatic heterocycles. The van der Waals surface area contributed by atoms with E-state index in [4.69, 9.17) is 4.74 Å². The van der Waals surface area contributed by atoms with Crippen molar-refractivity contribution in [2.75, 3.05) is 17.3 Å². The second-order valence-electron chi connectivity index (χ2n) is 6.36. The second kappa shape index (κ2) is 9.22. The Bertz CT molecular complexity index is 1280. The molecule has 0 amide bonds. The molecular weight excluding hydrogens is 440 g/mol. The molecule has 0 bridgehead atoms. The van der Waals surface area contributed by atoms with Gasteiger partial charge in [-0.1, -0.05) is 6.07 Å². The van der Waals surface area contributed by atoms with E-state index in [1.165, 1.54) is 49.6 Å². The quantitative estimate of drug-likeness (QED) is 0.173. The van der Waals surface area contributed by atoms with E-state index in [2.05, 4.69) is 15.2 Å². The van der Waals surface area contributed by atoms with Crippen LogP contribution in [0.2, 0.25) is 0 Å². The second-order valence-corrected chi connectivity index (χ2v) is 8.04. The van der Waals surface area contributed by atoms with Gasteiger partial charge in [0.1, 0.15) is 11.4 Å². The number of phenols is 2. The number of nitrogens with one attached hydrogen (secondary N) is 2. The fraction of sp³-hybridized carbons (Fsp3) is 0.0500. The van der Waals surface area contributed by atoms with Gasteiger partial charge in [-0.2, -0.15) is 5.10 Å². The molecule has 0 aliphatic carbocycles. The molecule has 32 heavy (non-hydrogen) atoms. The highest BCUT2D eigenvalue weighted by atomic mass is 32.2. The largest absolute Gasteiger partial charge is 0.504 e. The summed E-state index contributed by atoms with van der Waals surface area (Å²) in [5, 5.41) is 34.5. The molecule has 0 unspecified atom stereocenters. The molecular formula is C20H18N4O7S. The number of hydrogen-bond acceptors (Lipinski definition) is 9. The van der Waals surface area contributed by atoms with Crippen LogP contribution in [0.15, 0.2) is 70.7 Å². The van der Waals surface area contributed by atoms with E-state index in [-0.39, 0.29) is 27.6 Å². The van der Waals surface area contributed by atoms with E-state index in [1.807, 2.05) is 0 Å². The summed E-state index contributed by atoms with van der Waals surface area (Å²) in [6, 6.07) is 13.6. The van der Waals surface area contributed by atoms with Crippen molar-refractivity contribution in [2.24, 2.45) is 5.10 Å². The number of hydrazone groups is 1. The summed E-state index contributed by atoms with van der Waals surface area (Å²) < 4.78 is 32.6. The number of sulfonamides is 1. The van der Waals surface area contributed by atoms with Gasteiger partial charge in [0.2, 0.25) is 0 Å². The number of nitro groups is 1. The number of ether oxygens (including phenoxy) is 1. The number of benzene rings is 3. The van der Waals surface area contributed by atoms with E-state index >= 15 is 0 Å². The summed E-state index contributed by atoms with van der Waals surface area (Å²) in [4.78, 5) is 10.4. The third-order valence-electron chi connectivity index (χ3n) is 4.25. The van der Waals surface area contributed by atoms with Crippen LogP contribution in [0.4, 0.5) is 17.1 Å². The number of phenolic OH excluding ortho intramolecular Hbond substituents is 2. The Hall–Kier alpha value is -4.32. The van der Waals surface area contributed by atoms with Crippen molar-refractivity contribution in [1.82, 2.24) is 0 Å². The summed E-state index contributed by atoms with van der Waals surface area (Å²) in [6.45, 7) is 0. The fourth-order valence-electron chi connectivity index (χ4n) is 2.62. The first-order valence-corrected chi connectivity index (χ1v) is 10.4. The number of hydrogen-bond donors (Lipinski definition) is 4. The van der Waals surface area contributed by atoms with Gasteiger partial charge in [-0.25, -0.2) is 8.42 Å². The first kappa shape index (κ1) is 22.4. The monoisotopic (exact) mass is 458 g/mol. The predicted octanol–water partition coefficient (Wildman–Crippen LogP) is 3.26. The van der Waals surface area contributed by atoms with Crippen molar-refractivity contribution in [2.45, 2.75) is 4.90 Å². The lowest BCUT2D eigenvalue weighted by Gasteiger charge is -2.10. The number of methoxy groups -OCH3 is 1. The molecule has 3 aromatic carbocycles. The van der Waals surface area contributed by atoms with Gasteiger partial charge < -0.3 is 14.9 Å². The van der Waals surface area contributed by atoms with Gasteiger partial charge in [0.25, 0.3) is 15.7 Å². The van der Waals surface area contributed by atoms with Crippen LogP contribution in [0.5, 0.6) is 17.2 Å². The van der Waals surface area contributed by atoms with Gasteiger partial charge >= 0.3 is 0 Å². The van der Waals surface area contributed by atoms with Gasteiger partial charge in [0, 0.05) is 17.3 Å². The molecule has 0 spiro atoms. The van der Waals surface area contributed by atoms with Crippen LogP contribution in [-0.2, 0) is 10.0 Å². The van der Waals surface area contributed by atoms with Crippen molar-refractivity contribution >= 4 is 33.3 Å².